The van der Waals surface area contributed by atoms with E-state index in [1.54, 1.807) is 71.6 Å². The van der Waals surface area contributed by atoms with Crippen molar-refractivity contribution in [2.24, 2.45) is 0 Å². The van der Waals surface area contributed by atoms with Crippen molar-refractivity contribution in [3.05, 3.63) is 77.5 Å². The van der Waals surface area contributed by atoms with Gasteiger partial charge in [-0.3, -0.25) is 14.6 Å². The topological polar surface area (TPSA) is 108 Å². The molecule has 1 saturated heterocycles. The van der Waals surface area contributed by atoms with E-state index in [0.717, 1.165) is 0 Å². The minimum Gasteiger partial charge on any atom is -0.466 e. The standard InChI is InChI=1S/C24H25N5O4/c1-16-14-21(17(2)33-16)23(31)28-10-12-29(13-11-28)24(32)27-20-5-3-4-19(15-20)26-22(30)18-6-8-25-9-7-18/h3-9,14-15H,10-13H2,1-2H3,(H,26,30)(H,27,32). The van der Waals surface area contributed by atoms with Gasteiger partial charge in [0.1, 0.15) is 11.5 Å². The molecule has 1 aromatic carbocycles. The molecule has 4 amide bonds. The zero-order valence-electron chi connectivity index (χ0n) is 18.5. The summed E-state index contributed by atoms with van der Waals surface area (Å²) in [7, 11) is 0. The van der Waals surface area contributed by atoms with Gasteiger partial charge in [-0.2, -0.15) is 0 Å². The van der Waals surface area contributed by atoms with Gasteiger partial charge >= 0.3 is 6.03 Å². The summed E-state index contributed by atoms with van der Waals surface area (Å²) >= 11 is 0. The van der Waals surface area contributed by atoms with E-state index in [1.165, 1.54) is 0 Å². The molecule has 3 aromatic rings. The first-order valence-electron chi connectivity index (χ1n) is 10.6. The number of carbonyl (C=O) groups excluding carboxylic acids is 3. The molecular formula is C24H25N5O4. The quantitative estimate of drug-likeness (QED) is 0.636. The van der Waals surface area contributed by atoms with Crippen LogP contribution in [0.5, 0.6) is 0 Å². The molecule has 1 aliphatic rings. The largest absolute Gasteiger partial charge is 0.466 e. The highest BCUT2D eigenvalue weighted by atomic mass is 16.3. The number of pyridine rings is 1. The van der Waals surface area contributed by atoms with E-state index in [1.807, 2.05) is 6.92 Å². The number of urea groups is 1. The van der Waals surface area contributed by atoms with Gasteiger partial charge in [-0.25, -0.2) is 4.79 Å². The molecule has 170 valence electrons. The molecular weight excluding hydrogens is 422 g/mol. The Kier molecular flexibility index (Phi) is 6.39. The Bertz CT molecular complexity index is 1170. The number of rotatable bonds is 4. The van der Waals surface area contributed by atoms with Crippen molar-refractivity contribution in [3.8, 4) is 0 Å². The predicted molar refractivity (Wildman–Crippen MR) is 123 cm³/mol. The second kappa shape index (κ2) is 9.56. The van der Waals surface area contributed by atoms with Crippen LogP contribution in [0.15, 0.2) is 59.3 Å². The Hall–Kier alpha value is -4.14. The summed E-state index contributed by atoms with van der Waals surface area (Å²) in [6, 6.07) is 11.7. The van der Waals surface area contributed by atoms with E-state index < -0.39 is 0 Å². The minimum atomic E-state index is -0.260. The molecule has 0 bridgehead atoms. The van der Waals surface area contributed by atoms with Crippen LogP contribution in [-0.2, 0) is 0 Å². The van der Waals surface area contributed by atoms with Gasteiger partial charge in [0.25, 0.3) is 11.8 Å². The average molecular weight is 447 g/mol. The molecule has 1 fully saturated rings. The van der Waals surface area contributed by atoms with Crippen molar-refractivity contribution in [3.63, 3.8) is 0 Å². The molecule has 0 saturated carbocycles. The van der Waals surface area contributed by atoms with E-state index in [4.69, 9.17) is 4.42 Å². The summed E-state index contributed by atoms with van der Waals surface area (Å²) in [5.41, 5.74) is 2.19. The van der Waals surface area contributed by atoms with Crippen LogP contribution in [0.2, 0.25) is 0 Å². The van der Waals surface area contributed by atoms with Crippen molar-refractivity contribution >= 4 is 29.2 Å². The van der Waals surface area contributed by atoms with Crippen LogP contribution in [0.25, 0.3) is 0 Å². The van der Waals surface area contributed by atoms with Gasteiger partial charge in [0.05, 0.1) is 5.56 Å². The van der Waals surface area contributed by atoms with E-state index in [9.17, 15) is 14.4 Å². The van der Waals surface area contributed by atoms with Crippen LogP contribution >= 0.6 is 0 Å². The van der Waals surface area contributed by atoms with E-state index in [0.29, 0.717) is 60.2 Å². The fourth-order valence-electron chi connectivity index (χ4n) is 3.71. The van der Waals surface area contributed by atoms with Gasteiger partial charge in [0.2, 0.25) is 0 Å². The number of nitrogens with zero attached hydrogens (tertiary/aromatic N) is 3. The fraction of sp³-hybridized carbons (Fsp3) is 0.250. The van der Waals surface area contributed by atoms with Gasteiger partial charge in [0.15, 0.2) is 0 Å². The Morgan fingerprint density at radius 1 is 0.879 bits per heavy atom. The monoisotopic (exact) mass is 447 g/mol. The number of hydrogen-bond acceptors (Lipinski definition) is 5. The third kappa shape index (κ3) is 5.20. The summed E-state index contributed by atoms with van der Waals surface area (Å²) in [5, 5.41) is 5.67. The maximum Gasteiger partial charge on any atom is 0.321 e. The highest BCUT2D eigenvalue weighted by molar-refractivity contribution is 6.04. The molecule has 3 heterocycles. The second-order valence-electron chi connectivity index (χ2n) is 7.81. The summed E-state index contributed by atoms with van der Waals surface area (Å²) in [6.07, 6.45) is 3.10. The zero-order chi connectivity index (χ0) is 23.4. The number of aromatic nitrogens is 1. The molecule has 9 nitrogen and oxygen atoms in total. The first-order valence-corrected chi connectivity index (χ1v) is 10.6. The van der Waals surface area contributed by atoms with E-state index >= 15 is 0 Å². The lowest BCUT2D eigenvalue weighted by atomic mass is 10.2. The third-order valence-corrected chi connectivity index (χ3v) is 5.44. The van der Waals surface area contributed by atoms with E-state index in [-0.39, 0.29) is 17.8 Å². The molecule has 0 radical (unpaired) electrons. The van der Waals surface area contributed by atoms with Crippen LogP contribution in [0, 0.1) is 13.8 Å². The second-order valence-corrected chi connectivity index (χ2v) is 7.81. The molecule has 0 atom stereocenters. The number of hydrogen-bond donors (Lipinski definition) is 2. The van der Waals surface area contributed by atoms with Crippen molar-refractivity contribution in [2.75, 3.05) is 36.8 Å². The van der Waals surface area contributed by atoms with Gasteiger partial charge in [-0.1, -0.05) is 6.07 Å². The molecule has 2 aromatic heterocycles. The number of benzene rings is 1. The maximum atomic E-state index is 12.7. The number of anilines is 2. The molecule has 2 N–H and O–H groups in total. The Labute approximate surface area is 191 Å². The lowest BCUT2D eigenvalue weighted by Gasteiger charge is -2.34. The molecule has 0 spiro atoms. The molecule has 1 aliphatic heterocycles. The van der Waals surface area contributed by atoms with Gasteiger partial charge in [0, 0.05) is 55.5 Å². The summed E-state index contributed by atoms with van der Waals surface area (Å²) in [5.74, 6) is 0.966. The summed E-state index contributed by atoms with van der Waals surface area (Å²) in [4.78, 5) is 45.1. The first kappa shape index (κ1) is 22.1. The highest BCUT2D eigenvalue weighted by Gasteiger charge is 2.27. The fourth-order valence-corrected chi connectivity index (χ4v) is 3.71. The van der Waals surface area contributed by atoms with Crippen LogP contribution in [0.3, 0.4) is 0 Å². The molecule has 4 rings (SSSR count). The van der Waals surface area contributed by atoms with Crippen molar-refractivity contribution < 1.29 is 18.8 Å². The molecule has 9 heteroatoms. The lowest BCUT2D eigenvalue weighted by molar-refractivity contribution is 0.0670. The molecule has 0 aliphatic carbocycles. The highest BCUT2D eigenvalue weighted by Crippen LogP contribution is 2.19. The molecule has 0 unspecified atom stereocenters. The van der Waals surface area contributed by atoms with Gasteiger partial charge in [-0.05, 0) is 50.2 Å². The number of nitrogens with one attached hydrogen (secondary N) is 2. The van der Waals surface area contributed by atoms with Crippen molar-refractivity contribution in [2.45, 2.75) is 13.8 Å². The maximum absolute atomic E-state index is 12.7. The number of amides is 4. The summed E-state index contributed by atoms with van der Waals surface area (Å²) in [6.45, 7) is 5.32. The van der Waals surface area contributed by atoms with Crippen LogP contribution in [0.4, 0.5) is 16.2 Å². The smallest absolute Gasteiger partial charge is 0.321 e. The van der Waals surface area contributed by atoms with Crippen molar-refractivity contribution in [1.29, 1.82) is 0 Å². The number of carbonyl (C=O) groups is 3. The van der Waals surface area contributed by atoms with Crippen LogP contribution < -0.4 is 10.6 Å². The zero-order valence-corrected chi connectivity index (χ0v) is 18.5. The number of piperazine rings is 1. The number of aryl methyl sites for hydroxylation is 2. The van der Waals surface area contributed by atoms with Gasteiger partial charge < -0.3 is 24.9 Å². The van der Waals surface area contributed by atoms with E-state index in [2.05, 4.69) is 15.6 Å². The molecule has 33 heavy (non-hydrogen) atoms. The summed E-state index contributed by atoms with van der Waals surface area (Å²) < 4.78 is 5.46. The average Bonchev–Trinajstić information content (AvgIpc) is 3.17. The van der Waals surface area contributed by atoms with Gasteiger partial charge in [-0.15, -0.1) is 0 Å². The Morgan fingerprint density at radius 3 is 2.15 bits per heavy atom. The SMILES string of the molecule is Cc1cc(C(=O)N2CCN(C(=O)Nc3cccc(NC(=O)c4ccncc4)c3)CC2)c(C)o1. The number of furan rings is 1. The Balaban J connectivity index is 1.32. The minimum absolute atomic E-state index is 0.0814. The third-order valence-electron chi connectivity index (χ3n) is 5.44. The predicted octanol–water partition coefficient (Wildman–Crippen LogP) is 3.53. The van der Waals surface area contributed by atoms with Crippen LogP contribution in [0.1, 0.15) is 32.2 Å². The normalized spacial score (nSPS) is 13.5. The Morgan fingerprint density at radius 2 is 1.52 bits per heavy atom. The van der Waals surface area contributed by atoms with Crippen molar-refractivity contribution in [1.82, 2.24) is 14.8 Å². The first-order chi connectivity index (χ1) is 15.9. The van der Waals surface area contributed by atoms with Crippen LogP contribution in [-0.4, -0.2) is 58.8 Å². The lowest BCUT2D eigenvalue weighted by Crippen LogP contribution is -2.51.